The maximum absolute atomic E-state index is 12.2. The normalized spacial score (nSPS) is 25.9. The largest absolute Gasteiger partial charge is 0.373 e. The molecule has 6 heteroatoms. The number of carbonyl (C=O) groups excluding carboxylic acids is 1. The molecule has 27 heavy (non-hydrogen) atoms. The van der Waals surface area contributed by atoms with Crippen molar-refractivity contribution in [3.05, 3.63) is 35.9 Å². The Morgan fingerprint density at radius 2 is 2.07 bits per heavy atom. The smallest absolute Gasteiger partial charge is 0.225 e. The van der Waals surface area contributed by atoms with Gasteiger partial charge in [0.05, 0.1) is 6.10 Å². The van der Waals surface area contributed by atoms with Crippen molar-refractivity contribution >= 4 is 11.9 Å². The molecule has 1 aromatic carbocycles. The summed E-state index contributed by atoms with van der Waals surface area (Å²) in [6.07, 6.45) is 2.14. The first-order chi connectivity index (χ1) is 13.1. The van der Waals surface area contributed by atoms with Crippen molar-refractivity contribution in [3.8, 4) is 0 Å². The molecule has 2 N–H and O–H groups in total. The molecule has 0 radical (unpaired) electrons. The van der Waals surface area contributed by atoms with Crippen LogP contribution < -0.4 is 10.6 Å². The van der Waals surface area contributed by atoms with Gasteiger partial charge < -0.3 is 20.3 Å². The minimum absolute atomic E-state index is 0.0541. The van der Waals surface area contributed by atoms with E-state index < -0.39 is 0 Å². The maximum Gasteiger partial charge on any atom is 0.225 e. The van der Waals surface area contributed by atoms with E-state index in [0.717, 1.165) is 45.0 Å². The number of guanidine groups is 1. The fraction of sp³-hybridized carbons (Fsp3) is 0.619. The Labute approximate surface area is 162 Å². The van der Waals surface area contributed by atoms with Crippen molar-refractivity contribution in [1.29, 1.82) is 0 Å². The molecule has 2 aliphatic rings. The van der Waals surface area contributed by atoms with Crippen LogP contribution in [-0.4, -0.2) is 56.1 Å². The van der Waals surface area contributed by atoms with Crippen molar-refractivity contribution in [2.45, 2.75) is 38.8 Å². The summed E-state index contributed by atoms with van der Waals surface area (Å²) in [6, 6.07) is 10.7. The number of aliphatic imine (C=N–C) groups is 1. The van der Waals surface area contributed by atoms with Crippen LogP contribution in [0.4, 0.5) is 0 Å². The lowest BCUT2D eigenvalue weighted by molar-refractivity contribution is -0.133. The van der Waals surface area contributed by atoms with Gasteiger partial charge in [-0.2, -0.15) is 0 Å². The topological polar surface area (TPSA) is 66.0 Å². The Balaban J connectivity index is 1.49. The predicted octanol–water partition coefficient (Wildman–Crippen LogP) is 2.19. The van der Waals surface area contributed by atoms with E-state index in [1.54, 1.807) is 7.05 Å². The van der Waals surface area contributed by atoms with Crippen molar-refractivity contribution in [1.82, 2.24) is 15.5 Å². The number of nitrogens with zero attached hydrogens (tertiary/aromatic N) is 2. The number of likely N-dealkylation sites (tertiary alicyclic amines) is 1. The van der Waals surface area contributed by atoms with E-state index in [1.165, 1.54) is 5.56 Å². The Morgan fingerprint density at radius 3 is 2.78 bits per heavy atom. The highest BCUT2D eigenvalue weighted by Gasteiger charge is 2.31. The molecule has 0 aliphatic carbocycles. The van der Waals surface area contributed by atoms with Gasteiger partial charge in [-0.15, -0.1) is 0 Å². The molecule has 148 valence electrons. The van der Waals surface area contributed by atoms with Crippen molar-refractivity contribution < 1.29 is 9.53 Å². The lowest BCUT2D eigenvalue weighted by Crippen LogP contribution is -2.46. The van der Waals surface area contributed by atoms with Crippen LogP contribution in [0.2, 0.25) is 0 Å². The summed E-state index contributed by atoms with van der Waals surface area (Å²) >= 11 is 0. The van der Waals surface area contributed by atoms with Crippen LogP contribution in [0.3, 0.4) is 0 Å². The van der Waals surface area contributed by atoms with Crippen LogP contribution in [-0.2, 0) is 9.53 Å². The first-order valence-electron chi connectivity index (χ1n) is 10.0. The third kappa shape index (κ3) is 5.01. The molecule has 3 atom stereocenters. The molecule has 0 saturated carbocycles. The molecule has 0 spiro atoms. The van der Waals surface area contributed by atoms with Gasteiger partial charge in [-0.25, -0.2) is 0 Å². The minimum Gasteiger partial charge on any atom is -0.373 e. The first-order valence-corrected chi connectivity index (χ1v) is 10.0. The number of benzene rings is 1. The second-order valence-corrected chi connectivity index (χ2v) is 7.77. The quantitative estimate of drug-likeness (QED) is 0.614. The molecule has 2 aliphatic heterocycles. The Morgan fingerprint density at radius 1 is 1.30 bits per heavy atom. The fourth-order valence-corrected chi connectivity index (χ4v) is 3.91. The average molecular weight is 373 g/mol. The SMILES string of the molecule is CN=C(NCC1CCOC1c1ccccc1)NC1CCN(C(=O)C(C)C)C1. The lowest BCUT2D eigenvalue weighted by atomic mass is 9.95. The Bertz CT molecular complexity index is 647. The number of ether oxygens (including phenoxy) is 1. The summed E-state index contributed by atoms with van der Waals surface area (Å²) in [5.74, 6) is 1.51. The van der Waals surface area contributed by atoms with Gasteiger partial charge >= 0.3 is 0 Å². The van der Waals surface area contributed by atoms with Crippen molar-refractivity contribution in [2.24, 2.45) is 16.8 Å². The molecule has 3 rings (SSSR count). The van der Waals surface area contributed by atoms with Crippen LogP contribution >= 0.6 is 0 Å². The van der Waals surface area contributed by atoms with Crippen molar-refractivity contribution in [2.75, 3.05) is 33.3 Å². The molecule has 1 aromatic rings. The van der Waals surface area contributed by atoms with Gasteiger partial charge in [0, 0.05) is 51.2 Å². The highest BCUT2D eigenvalue weighted by Crippen LogP contribution is 2.33. The van der Waals surface area contributed by atoms with Crippen LogP contribution in [0.5, 0.6) is 0 Å². The monoisotopic (exact) mass is 372 g/mol. The molecule has 0 bridgehead atoms. The zero-order chi connectivity index (χ0) is 19.2. The second-order valence-electron chi connectivity index (χ2n) is 7.77. The molecule has 0 aromatic heterocycles. The number of hydrogen-bond donors (Lipinski definition) is 2. The molecule has 2 fully saturated rings. The summed E-state index contributed by atoms with van der Waals surface area (Å²) in [5.41, 5.74) is 1.24. The standard InChI is InChI=1S/C21H32N4O2/c1-15(2)20(26)25-11-9-18(14-25)24-21(22-3)23-13-17-10-12-27-19(17)16-7-5-4-6-8-16/h4-8,15,17-19H,9-14H2,1-3H3,(H2,22,23,24). The van der Waals surface area contributed by atoms with E-state index in [-0.39, 0.29) is 24.0 Å². The summed E-state index contributed by atoms with van der Waals surface area (Å²) in [6.45, 7) is 7.09. The summed E-state index contributed by atoms with van der Waals surface area (Å²) in [7, 11) is 1.79. The first kappa shape index (κ1) is 19.7. The maximum atomic E-state index is 12.2. The summed E-state index contributed by atoms with van der Waals surface area (Å²) < 4.78 is 5.97. The van der Waals surface area contributed by atoms with Crippen LogP contribution in [0, 0.1) is 11.8 Å². The Kier molecular flexibility index (Phi) is 6.72. The van der Waals surface area contributed by atoms with Gasteiger partial charge in [-0.05, 0) is 18.4 Å². The highest BCUT2D eigenvalue weighted by molar-refractivity contribution is 5.81. The fourth-order valence-electron chi connectivity index (χ4n) is 3.91. The Hall–Kier alpha value is -2.08. The van der Waals surface area contributed by atoms with Crippen LogP contribution in [0.15, 0.2) is 35.3 Å². The molecular formula is C21H32N4O2. The second kappa shape index (κ2) is 9.22. The number of carbonyl (C=O) groups is 1. The number of amides is 1. The number of nitrogens with one attached hydrogen (secondary N) is 2. The minimum atomic E-state index is 0.0541. The van der Waals surface area contributed by atoms with E-state index in [0.29, 0.717) is 5.92 Å². The molecule has 2 saturated heterocycles. The van der Waals surface area contributed by atoms with Crippen LogP contribution in [0.25, 0.3) is 0 Å². The molecule has 1 amide bonds. The van der Waals surface area contributed by atoms with Gasteiger partial charge in [0.2, 0.25) is 5.91 Å². The number of rotatable bonds is 5. The van der Waals surface area contributed by atoms with E-state index in [1.807, 2.05) is 24.8 Å². The molecule has 2 heterocycles. The average Bonchev–Trinajstić information content (AvgIpc) is 3.34. The van der Waals surface area contributed by atoms with Gasteiger partial charge in [0.25, 0.3) is 0 Å². The zero-order valence-electron chi connectivity index (χ0n) is 16.6. The van der Waals surface area contributed by atoms with Gasteiger partial charge in [-0.3, -0.25) is 9.79 Å². The van der Waals surface area contributed by atoms with Gasteiger partial charge in [-0.1, -0.05) is 44.2 Å². The van der Waals surface area contributed by atoms with Gasteiger partial charge in [0.1, 0.15) is 0 Å². The van der Waals surface area contributed by atoms with Gasteiger partial charge in [0.15, 0.2) is 5.96 Å². The lowest BCUT2D eigenvalue weighted by Gasteiger charge is -2.23. The summed E-state index contributed by atoms with van der Waals surface area (Å²) in [4.78, 5) is 18.5. The van der Waals surface area contributed by atoms with E-state index in [9.17, 15) is 4.79 Å². The van der Waals surface area contributed by atoms with E-state index >= 15 is 0 Å². The third-order valence-electron chi connectivity index (χ3n) is 5.43. The third-order valence-corrected chi connectivity index (χ3v) is 5.43. The van der Waals surface area contributed by atoms with Crippen LogP contribution in [0.1, 0.15) is 38.4 Å². The zero-order valence-corrected chi connectivity index (χ0v) is 16.6. The van der Waals surface area contributed by atoms with Crippen molar-refractivity contribution in [3.63, 3.8) is 0 Å². The predicted molar refractivity (Wildman–Crippen MR) is 108 cm³/mol. The molecular weight excluding hydrogens is 340 g/mol. The van der Waals surface area contributed by atoms with E-state index in [2.05, 4.69) is 39.9 Å². The highest BCUT2D eigenvalue weighted by atomic mass is 16.5. The molecule has 6 nitrogen and oxygen atoms in total. The number of hydrogen-bond acceptors (Lipinski definition) is 3. The molecule has 3 unspecified atom stereocenters. The summed E-state index contributed by atoms with van der Waals surface area (Å²) in [5, 5.41) is 6.93. The van der Waals surface area contributed by atoms with E-state index in [4.69, 9.17) is 4.74 Å².